The predicted octanol–water partition coefficient (Wildman–Crippen LogP) is 1.85. The second-order valence-corrected chi connectivity index (χ2v) is 3.16. The fraction of sp³-hybridized carbons (Fsp3) is 0.222. The Bertz CT molecular complexity index is 462. The van der Waals surface area contributed by atoms with Crippen LogP contribution in [0.1, 0.15) is 12.8 Å². The molecule has 0 spiro atoms. The molecule has 0 fully saturated rings. The molecule has 2 heterocycles. The van der Waals surface area contributed by atoms with Gasteiger partial charge < -0.3 is 0 Å². The van der Waals surface area contributed by atoms with Crippen LogP contribution in [0.15, 0.2) is 48.6 Å². The first-order valence-electron chi connectivity index (χ1n) is 4.42. The van der Waals surface area contributed by atoms with E-state index in [1.54, 1.807) is 12.4 Å². The molecule has 0 aromatic carbocycles. The number of aliphatic imine (C=N–C) groups is 2. The van der Waals surface area contributed by atoms with Gasteiger partial charge in [0.1, 0.15) is 5.70 Å². The zero-order valence-electron chi connectivity index (χ0n) is 7.38. The maximum atomic E-state index is 4.29. The first kappa shape index (κ1) is 7.49. The molecule has 0 amide bonds. The van der Waals surface area contributed by atoms with Crippen LogP contribution in [0.3, 0.4) is 0 Å². The molecule has 0 aromatic rings. The lowest BCUT2D eigenvalue weighted by Crippen LogP contribution is -2.09. The van der Waals surface area contributed by atoms with Crippen LogP contribution in [0.5, 0.6) is 0 Å². The third-order valence-electron chi connectivity index (χ3n) is 2.33. The Morgan fingerprint density at radius 1 is 1.07 bits per heavy atom. The third-order valence-corrected chi connectivity index (χ3v) is 2.33. The van der Waals surface area contributed by atoms with E-state index < -0.39 is 0 Å². The van der Waals surface area contributed by atoms with Crippen molar-refractivity contribution in [1.29, 1.82) is 0 Å². The highest BCUT2D eigenvalue weighted by Gasteiger charge is 2.25. The van der Waals surface area contributed by atoms with Crippen LogP contribution in [0.2, 0.25) is 0 Å². The van der Waals surface area contributed by atoms with Gasteiger partial charge in [0.25, 0.3) is 0 Å². The average molecular weight is 185 g/mol. The standard InChI is InChI=1S/C9H7N5/c1-2-7-9(13-14-12-7)8-6(1)5-10-3-4-11-8/h3-5H,1-2H2. The minimum Gasteiger partial charge on any atom is -0.263 e. The van der Waals surface area contributed by atoms with Gasteiger partial charge in [0.2, 0.25) is 0 Å². The zero-order chi connectivity index (χ0) is 9.38. The lowest BCUT2D eigenvalue weighted by atomic mass is 9.95. The van der Waals surface area contributed by atoms with E-state index in [9.17, 15) is 0 Å². The van der Waals surface area contributed by atoms with Crippen molar-refractivity contribution >= 4 is 18.1 Å². The monoisotopic (exact) mass is 185 g/mol. The summed E-state index contributed by atoms with van der Waals surface area (Å²) in [5, 5.41) is 11.6. The van der Waals surface area contributed by atoms with Crippen LogP contribution in [-0.4, -0.2) is 18.1 Å². The molecule has 14 heavy (non-hydrogen) atoms. The summed E-state index contributed by atoms with van der Waals surface area (Å²) in [4.78, 5) is 8.38. The summed E-state index contributed by atoms with van der Waals surface area (Å²) in [7, 11) is 0. The molecule has 0 saturated heterocycles. The molecule has 5 nitrogen and oxygen atoms in total. The zero-order valence-corrected chi connectivity index (χ0v) is 7.38. The summed E-state index contributed by atoms with van der Waals surface area (Å²) in [5.74, 6) is 0. The van der Waals surface area contributed by atoms with Crippen molar-refractivity contribution in [3.63, 3.8) is 0 Å². The van der Waals surface area contributed by atoms with E-state index in [1.165, 1.54) is 0 Å². The Morgan fingerprint density at radius 3 is 3.07 bits per heavy atom. The topological polar surface area (TPSA) is 61.8 Å². The number of nitrogens with zero attached hydrogens (tertiary/aromatic N) is 5. The Hall–Kier alpha value is -1.91. The molecule has 3 rings (SSSR count). The first-order chi connectivity index (χ1) is 6.95. The van der Waals surface area contributed by atoms with Crippen LogP contribution in [-0.2, 0) is 0 Å². The molecule has 2 aliphatic heterocycles. The summed E-state index contributed by atoms with van der Waals surface area (Å²) in [6.45, 7) is 0. The highest BCUT2D eigenvalue weighted by molar-refractivity contribution is 6.17. The van der Waals surface area contributed by atoms with E-state index in [0.717, 1.165) is 35.5 Å². The molecule has 0 atom stereocenters. The normalized spacial score (nSPS) is 22.9. The predicted molar refractivity (Wildman–Crippen MR) is 53.6 cm³/mol. The second kappa shape index (κ2) is 2.80. The van der Waals surface area contributed by atoms with Crippen molar-refractivity contribution in [3.8, 4) is 0 Å². The first-order valence-corrected chi connectivity index (χ1v) is 4.42. The lowest BCUT2D eigenvalue weighted by molar-refractivity contribution is 0.966. The largest absolute Gasteiger partial charge is 0.263 e. The van der Waals surface area contributed by atoms with Crippen LogP contribution in [0, 0.1) is 0 Å². The third kappa shape index (κ3) is 0.985. The SMILES string of the molecule is C1=NC=C2CCC3=NN=NC3=C2N=C1. The molecule has 0 aromatic heterocycles. The summed E-state index contributed by atoms with van der Waals surface area (Å²) in [5.41, 5.74) is 3.74. The van der Waals surface area contributed by atoms with E-state index in [0.29, 0.717) is 0 Å². The van der Waals surface area contributed by atoms with Gasteiger partial charge in [0, 0.05) is 18.6 Å². The molecular weight excluding hydrogens is 178 g/mol. The quantitative estimate of drug-likeness (QED) is 0.553. The Balaban J connectivity index is 2.22. The van der Waals surface area contributed by atoms with E-state index in [4.69, 9.17) is 0 Å². The Morgan fingerprint density at radius 2 is 2.07 bits per heavy atom. The van der Waals surface area contributed by atoms with Crippen LogP contribution in [0.4, 0.5) is 0 Å². The Kier molecular flexibility index (Phi) is 1.50. The second-order valence-electron chi connectivity index (χ2n) is 3.16. The van der Waals surface area contributed by atoms with Crippen molar-refractivity contribution in [2.24, 2.45) is 25.4 Å². The van der Waals surface area contributed by atoms with Crippen LogP contribution < -0.4 is 0 Å². The summed E-state index contributed by atoms with van der Waals surface area (Å²) < 4.78 is 0. The average Bonchev–Trinajstić information content (AvgIpc) is 2.55. The number of hydrogen-bond donors (Lipinski definition) is 0. The van der Waals surface area contributed by atoms with Crippen LogP contribution in [0.25, 0.3) is 0 Å². The minimum atomic E-state index is 0.809. The van der Waals surface area contributed by atoms with Gasteiger partial charge in [-0.05, 0) is 23.6 Å². The fourth-order valence-corrected chi connectivity index (χ4v) is 1.65. The summed E-state index contributed by atoms with van der Waals surface area (Å²) in [6.07, 6.45) is 6.96. The van der Waals surface area contributed by atoms with Gasteiger partial charge in [-0.25, -0.2) is 0 Å². The van der Waals surface area contributed by atoms with Crippen molar-refractivity contribution in [1.82, 2.24) is 0 Å². The van der Waals surface area contributed by atoms with Gasteiger partial charge >= 0.3 is 0 Å². The summed E-state index contributed by atoms with van der Waals surface area (Å²) in [6, 6.07) is 0. The van der Waals surface area contributed by atoms with Gasteiger partial charge in [-0.1, -0.05) is 0 Å². The fourth-order valence-electron chi connectivity index (χ4n) is 1.65. The van der Waals surface area contributed by atoms with Crippen molar-refractivity contribution in [2.75, 3.05) is 0 Å². The van der Waals surface area contributed by atoms with Crippen molar-refractivity contribution < 1.29 is 0 Å². The molecule has 0 unspecified atom stereocenters. The smallest absolute Gasteiger partial charge is 0.137 e. The Labute approximate surface area is 80.4 Å². The number of fused-ring (bicyclic) bond motifs is 2. The maximum Gasteiger partial charge on any atom is 0.137 e. The molecular formula is C9H7N5. The summed E-state index contributed by atoms with van der Waals surface area (Å²) >= 11 is 0. The van der Waals surface area contributed by atoms with Gasteiger partial charge in [0.05, 0.1) is 11.4 Å². The van der Waals surface area contributed by atoms with E-state index in [-0.39, 0.29) is 0 Å². The lowest BCUT2D eigenvalue weighted by Gasteiger charge is -2.14. The van der Waals surface area contributed by atoms with Crippen LogP contribution >= 0.6 is 0 Å². The molecule has 3 aliphatic rings. The van der Waals surface area contributed by atoms with Gasteiger partial charge in [-0.15, -0.1) is 10.2 Å². The molecule has 0 N–H and O–H groups in total. The molecule has 0 radical (unpaired) electrons. The maximum absolute atomic E-state index is 4.29. The number of hydrogen-bond acceptors (Lipinski definition) is 5. The number of rotatable bonds is 0. The van der Waals surface area contributed by atoms with E-state index in [1.807, 2.05) is 6.20 Å². The highest BCUT2D eigenvalue weighted by Crippen LogP contribution is 2.32. The van der Waals surface area contributed by atoms with Gasteiger partial charge in [-0.2, -0.15) is 0 Å². The molecule has 68 valence electrons. The molecule has 0 saturated carbocycles. The molecule has 1 aliphatic carbocycles. The van der Waals surface area contributed by atoms with Gasteiger partial charge in [-0.3, -0.25) is 9.98 Å². The van der Waals surface area contributed by atoms with Gasteiger partial charge in [0.15, 0.2) is 0 Å². The molecule has 5 heteroatoms. The number of allylic oxidation sites excluding steroid dienone is 2. The van der Waals surface area contributed by atoms with Crippen molar-refractivity contribution in [3.05, 3.63) is 23.2 Å². The van der Waals surface area contributed by atoms with Crippen molar-refractivity contribution in [2.45, 2.75) is 12.8 Å². The molecule has 0 bridgehead atoms. The minimum absolute atomic E-state index is 0.809. The van der Waals surface area contributed by atoms with E-state index in [2.05, 4.69) is 25.4 Å². The van der Waals surface area contributed by atoms with E-state index >= 15 is 0 Å². The highest BCUT2D eigenvalue weighted by atomic mass is 15.4.